The summed E-state index contributed by atoms with van der Waals surface area (Å²) >= 11 is 1.62. The van der Waals surface area contributed by atoms with Crippen LogP contribution in [0.2, 0.25) is 0 Å². The van der Waals surface area contributed by atoms with Crippen LogP contribution in [-0.2, 0) is 14.3 Å². The number of amides is 1. The molecule has 3 rings (SSSR count). The number of benzene rings is 1. The molecular formula is C20H30N2O3S. The Labute approximate surface area is 160 Å². The van der Waals surface area contributed by atoms with Gasteiger partial charge in [-0.05, 0) is 31.9 Å². The molecule has 0 bridgehead atoms. The third kappa shape index (κ3) is 5.46. The minimum Gasteiger partial charge on any atom is -0.381 e. The Hall–Kier alpha value is -1.08. The summed E-state index contributed by atoms with van der Waals surface area (Å²) < 4.78 is 11.1. The zero-order chi connectivity index (χ0) is 18.4. The topological polar surface area (TPSA) is 50.8 Å². The van der Waals surface area contributed by atoms with E-state index in [2.05, 4.69) is 42.3 Å². The average molecular weight is 379 g/mol. The molecule has 144 valence electrons. The van der Waals surface area contributed by atoms with Crippen molar-refractivity contribution in [3.05, 3.63) is 29.3 Å². The van der Waals surface area contributed by atoms with Crippen LogP contribution >= 0.6 is 11.8 Å². The van der Waals surface area contributed by atoms with Crippen LogP contribution in [0, 0.1) is 19.8 Å². The zero-order valence-corrected chi connectivity index (χ0v) is 16.6. The molecule has 6 heteroatoms. The lowest BCUT2D eigenvalue weighted by molar-refractivity contribution is -0.119. The van der Waals surface area contributed by atoms with Crippen molar-refractivity contribution in [2.24, 2.45) is 5.92 Å². The van der Waals surface area contributed by atoms with Gasteiger partial charge in [-0.2, -0.15) is 0 Å². The van der Waals surface area contributed by atoms with Gasteiger partial charge >= 0.3 is 0 Å². The lowest BCUT2D eigenvalue weighted by Gasteiger charge is -2.37. The first-order chi connectivity index (χ1) is 12.6. The molecule has 2 atom stereocenters. The Morgan fingerprint density at radius 3 is 2.81 bits per heavy atom. The number of aryl methyl sites for hydroxylation is 2. The van der Waals surface area contributed by atoms with Crippen molar-refractivity contribution in [3.8, 4) is 0 Å². The maximum Gasteiger partial charge on any atom is 0.230 e. The second-order valence-corrected chi connectivity index (χ2v) is 8.22. The molecule has 0 aliphatic carbocycles. The Kier molecular flexibility index (Phi) is 7.37. The second-order valence-electron chi connectivity index (χ2n) is 7.20. The predicted molar refractivity (Wildman–Crippen MR) is 105 cm³/mol. The fraction of sp³-hybridized carbons (Fsp3) is 0.650. The molecule has 1 aromatic carbocycles. The normalized spacial score (nSPS) is 22.3. The Morgan fingerprint density at radius 2 is 2.08 bits per heavy atom. The highest BCUT2D eigenvalue weighted by Crippen LogP contribution is 2.24. The molecule has 0 spiro atoms. The van der Waals surface area contributed by atoms with E-state index in [0.29, 0.717) is 24.3 Å². The highest BCUT2D eigenvalue weighted by Gasteiger charge is 2.31. The first kappa shape index (κ1) is 19.7. The molecule has 0 saturated carbocycles. The van der Waals surface area contributed by atoms with Crippen molar-refractivity contribution < 1.29 is 14.3 Å². The van der Waals surface area contributed by atoms with Gasteiger partial charge in [0.2, 0.25) is 5.91 Å². The molecule has 2 heterocycles. The Morgan fingerprint density at radius 1 is 1.27 bits per heavy atom. The third-order valence-electron chi connectivity index (χ3n) is 5.23. The molecule has 1 amide bonds. The number of ether oxygens (including phenoxy) is 2. The molecule has 0 aromatic heterocycles. The van der Waals surface area contributed by atoms with Gasteiger partial charge in [0.25, 0.3) is 0 Å². The maximum absolute atomic E-state index is 12.4. The van der Waals surface area contributed by atoms with Gasteiger partial charge in [0.05, 0.1) is 25.6 Å². The number of thioether (sulfide) groups is 1. The van der Waals surface area contributed by atoms with E-state index < -0.39 is 0 Å². The lowest BCUT2D eigenvalue weighted by atomic mass is 9.97. The summed E-state index contributed by atoms with van der Waals surface area (Å²) in [5, 5.41) is 3.16. The number of carbonyl (C=O) groups is 1. The number of hydrogen-bond donors (Lipinski definition) is 1. The van der Waals surface area contributed by atoms with Crippen molar-refractivity contribution >= 4 is 17.7 Å². The van der Waals surface area contributed by atoms with Gasteiger partial charge in [-0.3, -0.25) is 9.69 Å². The van der Waals surface area contributed by atoms with Gasteiger partial charge in [-0.15, -0.1) is 11.8 Å². The Bertz CT molecular complexity index is 599. The van der Waals surface area contributed by atoms with E-state index in [1.54, 1.807) is 11.8 Å². The molecule has 26 heavy (non-hydrogen) atoms. The van der Waals surface area contributed by atoms with Crippen molar-refractivity contribution in [3.63, 3.8) is 0 Å². The minimum atomic E-state index is 0.105. The number of nitrogens with one attached hydrogen (secondary N) is 1. The monoisotopic (exact) mass is 378 g/mol. The average Bonchev–Trinajstić information content (AvgIpc) is 3.18. The summed E-state index contributed by atoms with van der Waals surface area (Å²) in [6, 6.07) is 6.72. The second kappa shape index (κ2) is 9.74. The summed E-state index contributed by atoms with van der Waals surface area (Å²) in [7, 11) is 0. The molecule has 2 aliphatic heterocycles. The highest BCUT2D eigenvalue weighted by molar-refractivity contribution is 8.00. The largest absolute Gasteiger partial charge is 0.381 e. The molecule has 2 saturated heterocycles. The van der Waals surface area contributed by atoms with E-state index in [1.807, 2.05) is 0 Å². The van der Waals surface area contributed by atoms with E-state index in [4.69, 9.17) is 9.47 Å². The van der Waals surface area contributed by atoms with Crippen LogP contribution in [0.25, 0.3) is 0 Å². The first-order valence-corrected chi connectivity index (χ1v) is 10.5. The van der Waals surface area contributed by atoms with E-state index >= 15 is 0 Å². The van der Waals surface area contributed by atoms with E-state index in [9.17, 15) is 4.79 Å². The summed E-state index contributed by atoms with van der Waals surface area (Å²) in [5.41, 5.74) is 2.45. The first-order valence-electron chi connectivity index (χ1n) is 9.50. The Balaban J connectivity index is 1.51. The molecule has 1 aromatic rings. The van der Waals surface area contributed by atoms with Gasteiger partial charge in [-0.1, -0.05) is 17.7 Å². The number of nitrogens with zero attached hydrogens (tertiary/aromatic N) is 1. The van der Waals surface area contributed by atoms with Crippen LogP contribution in [0.3, 0.4) is 0 Å². The van der Waals surface area contributed by atoms with Crippen LogP contribution in [0.5, 0.6) is 0 Å². The van der Waals surface area contributed by atoms with Crippen molar-refractivity contribution in [1.82, 2.24) is 10.2 Å². The molecule has 2 fully saturated rings. The number of hydrogen-bond acceptors (Lipinski definition) is 5. The molecule has 1 N–H and O–H groups in total. The fourth-order valence-electron chi connectivity index (χ4n) is 3.63. The van der Waals surface area contributed by atoms with Crippen LogP contribution < -0.4 is 5.32 Å². The minimum absolute atomic E-state index is 0.105. The highest BCUT2D eigenvalue weighted by atomic mass is 32.2. The fourth-order valence-corrected chi connectivity index (χ4v) is 4.59. The lowest BCUT2D eigenvalue weighted by Crippen LogP contribution is -2.52. The number of morpholine rings is 1. The van der Waals surface area contributed by atoms with Gasteiger partial charge in [0.15, 0.2) is 0 Å². The predicted octanol–water partition coefficient (Wildman–Crippen LogP) is 2.25. The van der Waals surface area contributed by atoms with Crippen LogP contribution in [0.15, 0.2) is 23.1 Å². The van der Waals surface area contributed by atoms with E-state index in [-0.39, 0.29) is 5.91 Å². The summed E-state index contributed by atoms with van der Waals surface area (Å²) in [6.07, 6.45) is 1.08. The quantitative estimate of drug-likeness (QED) is 0.738. The van der Waals surface area contributed by atoms with Crippen LogP contribution in [0.1, 0.15) is 17.5 Å². The standard InChI is InChI=1S/C20H30N2O3S/c1-15-3-4-16(2)19(11-15)26-14-20(23)21-12-18(17-5-8-25-13-17)22-6-9-24-10-7-22/h3-4,11,17-18H,5-10,12-14H2,1-2H3,(H,21,23). The summed E-state index contributed by atoms with van der Waals surface area (Å²) in [5.74, 6) is 1.06. The van der Waals surface area contributed by atoms with Crippen molar-refractivity contribution in [1.29, 1.82) is 0 Å². The van der Waals surface area contributed by atoms with E-state index in [0.717, 1.165) is 45.9 Å². The van der Waals surface area contributed by atoms with Crippen LogP contribution in [0.4, 0.5) is 0 Å². The van der Waals surface area contributed by atoms with E-state index in [1.165, 1.54) is 16.0 Å². The molecule has 2 unspecified atom stereocenters. The van der Waals surface area contributed by atoms with Gasteiger partial charge in [0.1, 0.15) is 0 Å². The summed E-state index contributed by atoms with van der Waals surface area (Å²) in [6.45, 7) is 9.94. The summed E-state index contributed by atoms with van der Waals surface area (Å²) in [4.78, 5) is 16.1. The molecule has 0 radical (unpaired) electrons. The smallest absolute Gasteiger partial charge is 0.230 e. The number of rotatable bonds is 7. The molecule has 2 aliphatic rings. The van der Waals surface area contributed by atoms with Crippen LogP contribution in [-0.4, -0.2) is 68.7 Å². The van der Waals surface area contributed by atoms with Crippen molar-refractivity contribution in [2.75, 3.05) is 51.8 Å². The number of carbonyl (C=O) groups excluding carboxylic acids is 1. The van der Waals surface area contributed by atoms with Gasteiger partial charge in [-0.25, -0.2) is 0 Å². The third-order valence-corrected chi connectivity index (χ3v) is 6.39. The zero-order valence-electron chi connectivity index (χ0n) is 15.8. The molecular weight excluding hydrogens is 348 g/mol. The SMILES string of the molecule is Cc1ccc(C)c(SCC(=O)NCC(C2CCOC2)N2CCOCC2)c1. The van der Waals surface area contributed by atoms with Gasteiger partial charge < -0.3 is 14.8 Å². The van der Waals surface area contributed by atoms with Gasteiger partial charge in [0, 0.05) is 43.1 Å². The molecule has 5 nitrogen and oxygen atoms in total. The maximum atomic E-state index is 12.4. The van der Waals surface area contributed by atoms with Crippen molar-refractivity contribution in [2.45, 2.75) is 31.2 Å².